The van der Waals surface area contributed by atoms with E-state index in [2.05, 4.69) is 51.3 Å². The molecule has 0 aromatic carbocycles. The fourth-order valence-electron chi connectivity index (χ4n) is 1.84. The van der Waals surface area contributed by atoms with E-state index < -0.39 is 0 Å². The molecule has 0 N–H and O–H groups in total. The molecule has 0 fully saturated rings. The summed E-state index contributed by atoms with van der Waals surface area (Å²) in [4.78, 5) is 0. The van der Waals surface area contributed by atoms with Gasteiger partial charge in [-0.25, -0.2) is 0 Å². The number of hydrogen-bond donors (Lipinski definition) is 0. The molecular weight excluding hydrogens is 192 g/mol. The molecule has 1 aliphatic rings. The van der Waals surface area contributed by atoms with E-state index in [1.165, 1.54) is 27.9 Å². The number of rotatable bonds is 2. The molecule has 0 saturated carbocycles. The molecule has 0 unspecified atom stereocenters. The van der Waals surface area contributed by atoms with Crippen LogP contribution in [0.5, 0.6) is 0 Å². The summed E-state index contributed by atoms with van der Waals surface area (Å²) in [5.74, 6) is 0. The van der Waals surface area contributed by atoms with Gasteiger partial charge in [0, 0.05) is 0 Å². The molecule has 0 aliphatic heterocycles. The molecule has 16 heavy (non-hydrogen) atoms. The lowest BCUT2D eigenvalue weighted by molar-refractivity contribution is 1.12. The molecule has 0 amide bonds. The number of allylic oxidation sites excluding steroid dienone is 10. The van der Waals surface area contributed by atoms with E-state index >= 15 is 0 Å². The predicted octanol–water partition coefficient (Wildman–Crippen LogP) is 4.90. The van der Waals surface area contributed by atoms with Gasteiger partial charge in [-0.15, -0.1) is 0 Å². The molecule has 0 spiro atoms. The SMILES string of the molecule is C=C/C(C)=C1C=C/C(=C(C)/C=C\C)C(=C)C/1. The van der Waals surface area contributed by atoms with E-state index in [0.717, 1.165) is 6.42 Å². The van der Waals surface area contributed by atoms with E-state index in [4.69, 9.17) is 0 Å². The van der Waals surface area contributed by atoms with Crippen LogP contribution in [0.4, 0.5) is 0 Å². The molecule has 0 heterocycles. The second-order valence-electron chi connectivity index (χ2n) is 4.12. The highest BCUT2D eigenvalue weighted by Crippen LogP contribution is 2.30. The van der Waals surface area contributed by atoms with Crippen molar-refractivity contribution in [1.29, 1.82) is 0 Å². The van der Waals surface area contributed by atoms with Crippen LogP contribution in [-0.4, -0.2) is 0 Å². The highest BCUT2D eigenvalue weighted by molar-refractivity contribution is 5.54. The van der Waals surface area contributed by atoms with Crippen molar-refractivity contribution in [2.75, 3.05) is 0 Å². The van der Waals surface area contributed by atoms with Gasteiger partial charge in [0.25, 0.3) is 0 Å². The van der Waals surface area contributed by atoms with Gasteiger partial charge in [-0.2, -0.15) is 0 Å². The largest absolute Gasteiger partial charge is 0.0988 e. The molecule has 0 nitrogen and oxygen atoms in total. The molecule has 0 aromatic heterocycles. The van der Waals surface area contributed by atoms with E-state index in [-0.39, 0.29) is 0 Å². The first-order chi connectivity index (χ1) is 7.60. The zero-order valence-electron chi connectivity index (χ0n) is 10.5. The van der Waals surface area contributed by atoms with Crippen LogP contribution in [0.3, 0.4) is 0 Å². The third-order valence-electron chi connectivity index (χ3n) is 2.89. The van der Waals surface area contributed by atoms with Crippen molar-refractivity contribution in [2.45, 2.75) is 27.2 Å². The summed E-state index contributed by atoms with van der Waals surface area (Å²) in [6.07, 6.45) is 11.3. The Balaban J connectivity index is 3.14. The molecule has 0 heteroatoms. The molecule has 0 radical (unpaired) electrons. The summed E-state index contributed by atoms with van der Waals surface area (Å²) in [5, 5.41) is 0. The first kappa shape index (κ1) is 12.5. The molecule has 84 valence electrons. The third-order valence-corrected chi connectivity index (χ3v) is 2.89. The van der Waals surface area contributed by atoms with Crippen LogP contribution in [0.1, 0.15) is 27.2 Å². The quantitative estimate of drug-likeness (QED) is 0.611. The van der Waals surface area contributed by atoms with Crippen LogP contribution in [0.25, 0.3) is 0 Å². The van der Waals surface area contributed by atoms with Crippen molar-refractivity contribution in [3.05, 3.63) is 71.4 Å². The molecule has 0 bridgehead atoms. The second kappa shape index (κ2) is 5.50. The van der Waals surface area contributed by atoms with Crippen LogP contribution >= 0.6 is 0 Å². The Kier molecular flexibility index (Phi) is 4.30. The molecule has 0 saturated heterocycles. The van der Waals surface area contributed by atoms with E-state index in [1.807, 2.05) is 13.0 Å². The van der Waals surface area contributed by atoms with Gasteiger partial charge >= 0.3 is 0 Å². The van der Waals surface area contributed by atoms with Crippen LogP contribution in [0, 0.1) is 0 Å². The maximum absolute atomic E-state index is 4.15. The minimum absolute atomic E-state index is 0.929. The summed E-state index contributed by atoms with van der Waals surface area (Å²) in [5.41, 5.74) is 6.28. The second-order valence-corrected chi connectivity index (χ2v) is 4.12. The summed E-state index contributed by atoms with van der Waals surface area (Å²) >= 11 is 0. The van der Waals surface area contributed by atoms with Gasteiger partial charge in [0.15, 0.2) is 0 Å². The lowest BCUT2D eigenvalue weighted by atomic mass is 9.88. The Bertz CT molecular complexity index is 423. The minimum Gasteiger partial charge on any atom is -0.0988 e. The van der Waals surface area contributed by atoms with Gasteiger partial charge in [-0.3, -0.25) is 0 Å². The van der Waals surface area contributed by atoms with Gasteiger partial charge in [0.2, 0.25) is 0 Å². The van der Waals surface area contributed by atoms with Crippen LogP contribution < -0.4 is 0 Å². The summed E-state index contributed by atoms with van der Waals surface area (Å²) in [6, 6.07) is 0. The molecule has 0 aromatic rings. The summed E-state index contributed by atoms with van der Waals surface area (Å²) in [7, 11) is 0. The highest BCUT2D eigenvalue weighted by Gasteiger charge is 2.10. The van der Waals surface area contributed by atoms with E-state index in [9.17, 15) is 0 Å². The van der Waals surface area contributed by atoms with Gasteiger partial charge in [-0.1, -0.05) is 43.5 Å². The van der Waals surface area contributed by atoms with Crippen molar-refractivity contribution >= 4 is 0 Å². The lowest BCUT2D eigenvalue weighted by Crippen LogP contribution is -1.98. The topological polar surface area (TPSA) is 0 Å². The Morgan fingerprint density at radius 2 is 1.94 bits per heavy atom. The zero-order chi connectivity index (χ0) is 12.1. The first-order valence-electron chi connectivity index (χ1n) is 5.62. The van der Waals surface area contributed by atoms with Gasteiger partial charge in [0.1, 0.15) is 0 Å². The summed E-state index contributed by atoms with van der Waals surface area (Å²) in [6.45, 7) is 14.2. The maximum atomic E-state index is 4.15. The first-order valence-corrected chi connectivity index (χ1v) is 5.62. The fourth-order valence-corrected chi connectivity index (χ4v) is 1.84. The molecule has 0 atom stereocenters. The Hall–Kier alpha value is -1.56. The van der Waals surface area contributed by atoms with E-state index in [1.54, 1.807) is 0 Å². The molecule has 1 rings (SSSR count). The standard InChI is InChI=1S/C16H20/c1-6-8-13(4)16-10-9-15(11-14(16)5)12(3)7-2/h6-10H,2,5,11H2,1,3-4H3/b8-6-,15-12-,16-13-. The maximum Gasteiger partial charge on any atom is -0.00230 e. The molecule has 1 aliphatic carbocycles. The van der Waals surface area contributed by atoms with Crippen molar-refractivity contribution in [1.82, 2.24) is 0 Å². The zero-order valence-corrected chi connectivity index (χ0v) is 10.5. The average molecular weight is 212 g/mol. The van der Waals surface area contributed by atoms with Crippen LogP contribution in [0.15, 0.2) is 71.4 Å². The average Bonchev–Trinajstić information content (AvgIpc) is 2.28. The molecular formula is C16H20. The van der Waals surface area contributed by atoms with Crippen LogP contribution in [0.2, 0.25) is 0 Å². The third kappa shape index (κ3) is 2.73. The van der Waals surface area contributed by atoms with Gasteiger partial charge in [-0.05, 0) is 55.1 Å². The van der Waals surface area contributed by atoms with Crippen molar-refractivity contribution in [3.63, 3.8) is 0 Å². The van der Waals surface area contributed by atoms with Gasteiger partial charge in [0.05, 0.1) is 0 Å². The van der Waals surface area contributed by atoms with E-state index in [0.29, 0.717) is 0 Å². The predicted molar refractivity (Wildman–Crippen MR) is 73.3 cm³/mol. The monoisotopic (exact) mass is 212 g/mol. The Labute approximate surface area is 99.1 Å². The van der Waals surface area contributed by atoms with Crippen LogP contribution in [-0.2, 0) is 0 Å². The Morgan fingerprint density at radius 3 is 2.44 bits per heavy atom. The highest BCUT2D eigenvalue weighted by atomic mass is 14.2. The van der Waals surface area contributed by atoms with Crippen molar-refractivity contribution < 1.29 is 0 Å². The van der Waals surface area contributed by atoms with Crippen molar-refractivity contribution in [2.24, 2.45) is 0 Å². The van der Waals surface area contributed by atoms with Crippen molar-refractivity contribution in [3.8, 4) is 0 Å². The fraction of sp³-hybridized carbons (Fsp3) is 0.250. The number of hydrogen-bond acceptors (Lipinski definition) is 0. The smallest absolute Gasteiger partial charge is 0.00230 e. The Morgan fingerprint density at radius 1 is 1.25 bits per heavy atom. The minimum atomic E-state index is 0.929. The lowest BCUT2D eigenvalue weighted by Gasteiger charge is -2.17. The van der Waals surface area contributed by atoms with Gasteiger partial charge < -0.3 is 0 Å². The normalized spacial score (nSPS) is 22.6. The summed E-state index contributed by atoms with van der Waals surface area (Å²) < 4.78 is 0.